The van der Waals surface area contributed by atoms with Crippen LogP contribution in [0.1, 0.15) is 5.56 Å². The Hall–Kier alpha value is -2.73. The van der Waals surface area contributed by atoms with Crippen LogP contribution in [-0.2, 0) is 0 Å². The molecule has 0 fully saturated rings. The van der Waals surface area contributed by atoms with Crippen LogP contribution in [0.5, 0.6) is 0 Å². The molecule has 2 nitrogen and oxygen atoms in total. The van der Waals surface area contributed by atoms with E-state index in [1.807, 2.05) is 42.5 Å². The van der Waals surface area contributed by atoms with Crippen molar-refractivity contribution in [2.75, 3.05) is 0 Å². The van der Waals surface area contributed by atoms with Gasteiger partial charge in [-0.05, 0) is 24.3 Å². The SMILES string of the molecule is N#Cc1ccc(-c2ccc3ccccc3n2)cc1F. The third-order valence-corrected chi connectivity index (χ3v) is 2.98. The predicted molar refractivity (Wildman–Crippen MR) is 71.9 cm³/mol. The van der Waals surface area contributed by atoms with Crippen LogP contribution in [0, 0.1) is 17.1 Å². The molecule has 3 heteroatoms. The first-order chi connectivity index (χ1) is 9.28. The minimum atomic E-state index is -0.519. The van der Waals surface area contributed by atoms with Crippen molar-refractivity contribution in [3.63, 3.8) is 0 Å². The number of aromatic nitrogens is 1. The Morgan fingerprint density at radius 1 is 1.00 bits per heavy atom. The van der Waals surface area contributed by atoms with Gasteiger partial charge in [-0.1, -0.05) is 30.3 Å². The maximum atomic E-state index is 13.6. The molecule has 0 bridgehead atoms. The first-order valence-corrected chi connectivity index (χ1v) is 5.84. The number of pyridine rings is 1. The van der Waals surface area contributed by atoms with E-state index in [4.69, 9.17) is 5.26 Å². The molecule has 0 radical (unpaired) electrons. The minimum Gasteiger partial charge on any atom is -0.248 e. The Balaban J connectivity index is 2.14. The van der Waals surface area contributed by atoms with Crippen molar-refractivity contribution >= 4 is 10.9 Å². The Morgan fingerprint density at radius 3 is 2.63 bits per heavy atom. The fourth-order valence-corrected chi connectivity index (χ4v) is 1.99. The van der Waals surface area contributed by atoms with Crippen LogP contribution < -0.4 is 0 Å². The molecule has 0 spiro atoms. The first kappa shape index (κ1) is 11.4. The number of rotatable bonds is 1. The molecule has 3 aromatic rings. The van der Waals surface area contributed by atoms with Gasteiger partial charge in [0.1, 0.15) is 11.9 Å². The van der Waals surface area contributed by atoms with Gasteiger partial charge in [0.25, 0.3) is 0 Å². The molecule has 3 rings (SSSR count). The van der Waals surface area contributed by atoms with Crippen molar-refractivity contribution in [3.8, 4) is 17.3 Å². The normalized spacial score (nSPS) is 10.3. The van der Waals surface area contributed by atoms with Gasteiger partial charge in [-0.25, -0.2) is 9.37 Å². The zero-order valence-electron chi connectivity index (χ0n) is 9.97. The van der Waals surface area contributed by atoms with Crippen LogP contribution in [-0.4, -0.2) is 4.98 Å². The molecular weight excluding hydrogens is 239 g/mol. The number of nitrogens with zero attached hydrogens (tertiary/aromatic N) is 2. The molecular formula is C16H9FN2. The summed E-state index contributed by atoms with van der Waals surface area (Å²) in [6.45, 7) is 0. The van der Waals surface area contributed by atoms with E-state index in [2.05, 4.69) is 4.98 Å². The van der Waals surface area contributed by atoms with E-state index < -0.39 is 5.82 Å². The second-order valence-electron chi connectivity index (χ2n) is 4.20. The van der Waals surface area contributed by atoms with Gasteiger partial charge in [-0.2, -0.15) is 5.26 Å². The monoisotopic (exact) mass is 248 g/mol. The molecule has 0 atom stereocenters. The summed E-state index contributed by atoms with van der Waals surface area (Å²) < 4.78 is 13.6. The highest BCUT2D eigenvalue weighted by atomic mass is 19.1. The van der Waals surface area contributed by atoms with Gasteiger partial charge in [-0.3, -0.25) is 0 Å². The fourth-order valence-electron chi connectivity index (χ4n) is 1.99. The molecule has 1 heterocycles. The summed E-state index contributed by atoms with van der Waals surface area (Å²) in [6.07, 6.45) is 0. The van der Waals surface area contributed by atoms with Crippen molar-refractivity contribution in [2.24, 2.45) is 0 Å². The number of hydrogen-bond donors (Lipinski definition) is 0. The average Bonchev–Trinajstić information content (AvgIpc) is 2.46. The Morgan fingerprint density at radius 2 is 1.84 bits per heavy atom. The zero-order chi connectivity index (χ0) is 13.2. The number of fused-ring (bicyclic) bond motifs is 1. The summed E-state index contributed by atoms with van der Waals surface area (Å²) in [5, 5.41) is 9.76. The highest BCUT2D eigenvalue weighted by Gasteiger charge is 2.06. The smallest absolute Gasteiger partial charge is 0.141 e. The van der Waals surface area contributed by atoms with E-state index in [-0.39, 0.29) is 5.56 Å². The van der Waals surface area contributed by atoms with Crippen LogP contribution in [0.4, 0.5) is 4.39 Å². The zero-order valence-corrected chi connectivity index (χ0v) is 9.97. The minimum absolute atomic E-state index is 0.0459. The summed E-state index contributed by atoms with van der Waals surface area (Å²) in [5.74, 6) is -0.519. The van der Waals surface area contributed by atoms with E-state index in [1.165, 1.54) is 12.1 Å². The lowest BCUT2D eigenvalue weighted by Gasteiger charge is -2.04. The maximum absolute atomic E-state index is 13.6. The molecule has 0 saturated carbocycles. The second kappa shape index (κ2) is 4.51. The largest absolute Gasteiger partial charge is 0.248 e. The number of para-hydroxylation sites is 1. The summed E-state index contributed by atoms with van der Waals surface area (Å²) in [4.78, 5) is 4.49. The number of halogens is 1. The molecule has 0 saturated heterocycles. The molecule has 0 N–H and O–H groups in total. The summed E-state index contributed by atoms with van der Waals surface area (Å²) in [7, 11) is 0. The highest BCUT2D eigenvalue weighted by molar-refractivity contribution is 5.81. The van der Waals surface area contributed by atoms with Crippen molar-refractivity contribution in [3.05, 3.63) is 66.0 Å². The predicted octanol–water partition coefficient (Wildman–Crippen LogP) is 3.91. The van der Waals surface area contributed by atoms with Crippen LogP contribution in [0.25, 0.3) is 22.2 Å². The number of hydrogen-bond acceptors (Lipinski definition) is 2. The molecule has 19 heavy (non-hydrogen) atoms. The van der Waals surface area contributed by atoms with E-state index in [1.54, 1.807) is 6.07 Å². The van der Waals surface area contributed by atoms with Gasteiger partial charge < -0.3 is 0 Å². The van der Waals surface area contributed by atoms with Crippen molar-refractivity contribution in [2.45, 2.75) is 0 Å². The third-order valence-electron chi connectivity index (χ3n) is 2.98. The third kappa shape index (κ3) is 2.04. The van der Waals surface area contributed by atoms with E-state index >= 15 is 0 Å². The summed E-state index contributed by atoms with van der Waals surface area (Å²) >= 11 is 0. The lowest BCUT2D eigenvalue weighted by Crippen LogP contribution is -1.88. The highest BCUT2D eigenvalue weighted by Crippen LogP contribution is 2.22. The Kier molecular flexibility index (Phi) is 2.70. The van der Waals surface area contributed by atoms with Crippen LogP contribution >= 0.6 is 0 Å². The van der Waals surface area contributed by atoms with E-state index in [0.29, 0.717) is 11.3 Å². The Labute approximate surface area is 109 Å². The first-order valence-electron chi connectivity index (χ1n) is 5.84. The van der Waals surface area contributed by atoms with Gasteiger partial charge in [0.15, 0.2) is 0 Å². The maximum Gasteiger partial charge on any atom is 0.141 e. The quantitative estimate of drug-likeness (QED) is 0.654. The molecule has 0 amide bonds. The average molecular weight is 248 g/mol. The van der Waals surface area contributed by atoms with Gasteiger partial charge in [0.2, 0.25) is 0 Å². The summed E-state index contributed by atoms with van der Waals surface area (Å²) in [6, 6.07) is 17.9. The van der Waals surface area contributed by atoms with Gasteiger partial charge in [0.05, 0.1) is 16.8 Å². The van der Waals surface area contributed by atoms with Crippen molar-refractivity contribution < 1.29 is 4.39 Å². The topological polar surface area (TPSA) is 36.7 Å². The fraction of sp³-hybridized carbons (Fsp3) is 0. The Bertz CT molecular complexity index is 803. The van der Waals surface area contributed by atoms with Gasteiger partial charge in [-0.15, -0.1) is 0 Å². The molecule has 0 unspecified atom stereocenters. The van der Waals surface area contributed by atoms with Crippen LogP contribution in [0.3, 0.4) is 0 Å². The summed E-state index contributed by atoms with van der Waals surface area (Å²) in [5.41, 5.74) is 2.28. The van der Waals surface area contributed by atoms with Gasteiger partial charge in [0, 0.05) is 10.9 Å². The molecule has 0 aliphatic carbocycles. The molecule has 1 aromatic heterocycles. The van der Waals surface area contributed by atoms with Crippen molar-refractivity contribution in [1.82, 2.24) is 4.98 Å². The lowest BCUT2D eigenvalue weighted by molar-refractivity contribution is 0.624. The van der Waals surface area contributed by atoms with Gasteiger partial charge >= 0.3 is 0 Å². The molecule has 0 aliphatic rings. The van der Waals surface area contributed by atoms with Crippen LogP contribution in [0.2, 0.25) is 0 Å². The van der Waals surface area contributed by atoms with E-state index in [9.17, 15) is 4.39 Å². The second-order valence-corrected chi connectivity index (χ2v) is 4.20. The number of benzene rings is 2. The standard InChI is InChI=1S/C16H9FN2/c17-14-9-12(5-6-13(14)10-18)16-8-7-11-3-1-2-4-15(11)19-16/h1-9H. The molecule has 2 aromatic carbocycles. The lowest BCUT2D eigenvalue weighted by atomic mass is 10.1. The van der Waals surface area contributed by atoms with Crippen LogP contribution in [0.15, 0.2) is 54.6 Å². The molecule has 90 valence electrons. The van der Waals surface area contributed by atoms with E-state index in [0.717, 1.165) is 10.9 Å². The van der Waals surface area contributed by atoms with Crippen molar-refractivity contribution in [1.29, 1.82) is 5.26 Å². The number of nitriles is 1. The molecule has 0 aliphatic heterocycles.